The van der Waals surface area contributed by atoms with E-state index in [0.717, 1.165) is 30.2 Å². The van der Waals surface area contributed by atoms with Crippen molar-refractivity contribution in [1.82, 2.24) is 4.90 Å². The maximum absolute atomic E-state index is 10.2. The molecule has 5 heteroatoms. The minimum absolute atomic E-state index is 0.286. The number of aliphatic hydroxyl groups excluding tert-OH is 1. The molecule has 0 radical (unpaired) electrons. The second kappa shape index (κ2) is 8.52. The highest BCUT2D eigenvalue weighted by Crippen LogP contribution is 2.32. The lowest BCUT2D eigenvalue weighted by atomic mass is 10.1. The summed E-state index contributed by atoms with van der Waals surface area (Å²) in [5, 5.41) is 10.2. The summed E-state index contributed by atoms with van der Waals surface area (Å²) in [5.41, 5.74) is 1.03. The molecule has 0 aliphatic carbocycles. The quantitative estimate of drug-likeness (QED) is 0.873. The fourth-order valence-electron chi connectivity index (χ4n) is 3.19. The van der Waals surface area contributed by atoms with Crippen LogP contribution >= 0.6 is 0 Å². The van der Waals surface area contributed by atoms with Crippen molar-refractivity contribution in [3.63, 3.8) is 0 Å². The summed E-state index contributed by atoms with van der Waals surface area (Å²) in [5.74, 6) is 1.55. The Hall–Kier alpha value is -1.30. The van der Waals surface area contributed by atoms with E-state index in [1.54, 1.807) is 0 Å². The molecule has 0 amide bonds. The molecule has 0 bridgehead atoms. The molecule has 3 rings (SSSR count). The Balaban J connectivity index is 1.37. The summed E-state index contributed by atoms with van der Waals surface area (Å²) in [6.07, 6.45) is 6.04. The summed E-state index contributed by atoms with van der Waals surface area (Å²) in [4.78, 5) is 2.37. The molecule has 2 aliphatic rings. The van der Waals surface area contributed by atoms with Crippen LogP contribution in [0.15, 0.2) is 18.2 Å². The number of hydrogen-bond donors (Lipinski definition) is 1. The standard InChI is InChI=1S/C18H27NO4/c20-16(11-19-8-4-2-1-3-5-9-19)13-21-12-15-6-7-17-18(10-15)23-14-22-17/h6-7,10,16,20H,1-5,8-9,11-14H2. The Bertz CT molecular complexity index is 486. The van der Waals surface area contributed by atoms with Crippen LogP contribution in [0.4, 0.5) is 0 Å². The number of benzene rings is 1. The molecular weight excluding hydrogens is 294 g/mol. The Morgan fingerprint density at radius 1 is 1.04 bits per heavy atom. The monoisotopic (exact) mass is 321 g/mol. The van der Waals surface area contributed by atoms with Gasteiger partial charge in [0.1, 0.15) is 0 Å². The van der Waals surface area contributed by atoms with Crippen molar-refractivity contribution in [2.24, 2.45) is 0 Å². The molecule has 1 unspecified atom stereocenters. The lowest BCUT2D eigenvalue weighted by Crippen LogP contribution is -2.36. The van der Waals surface area contributed by atoms with Gasteiger partial charge in [-0.1, -0.05) is 25.3 Å². The Kier molecular flexibility index (Phi) is 6.13. The second-order valence-corrected chi connectivity index (χ2v) is 6.42. The molecule has 5 nitrogen and oxygen atoms in total. The highest BCUT2D eigenvalue weighted by molar-refractivity contribution is 5.44. The van der Waals surface area contributed by atoms with Crippen LogP contribution in [-0.2, 0) is 11.3 Å². The lowest BCUT2D eigenvalue weighted by Gasteiger charge is -2.26. The van der Waals surface area contributed by atoms with E-state index >= 15 is 0 Å². The first-order valence-corrected chi connectivity index (χ1v) is 8.68. The molecule has 1 fully saturated rings. The minimum Gasteiger partial charge on any atom is -0.454 e. The topological polar surface area (TPSA) is 51.2 Å². The van der Waals surface area contributed by atoms with Gasteiger partial charge in [0.2, 0.25) is 6.79 Å². The van der Waals surface area contributed by atoms with E-state index in [0.29, 0.717) is 19.8 Å². The molecule has 23 heavy (non-hydrogen) atoms. The molecule has 1 N–H and O–H groups in total. The van der Waals surface area contributed by atoms with Crippen molar-refractivity contribution in [3.8, 4) is 11.5 Å². The average molecular weight is 321 g/mol. The predicted molar refractivity (Wildman–Crippen MR) is 87.8 cm³/mol. The van der Waals surface area contributed by atoms with Crippen LogP contribution in [0.2, 0.25) is 0 Å². The van der Waals surface area contributed by atoms with Gasteiger partial charge < -0.3 is 24.2 Å². The van der Waals surface area contributed by atoms with E-state index in [2.05, 4.69) is 4.90 Å². The minimum atomic E-state index is -0.427. The second-order valence-electron chi connectivity index (χ2n) is 6.42. The van der Waals surface area contributed by atoms with Gasteiger partial charge in [-0.15, -0.1) is 0 Å². The SMILES string of the molecule is OC(COCc1ccc2c(c1)OCO2)CN1CCCCCCC1. The fraction of sp³-hybridized carbons (Fsp3) is 0.667. The van der Waals surface area contributed by atoms with E-state index in [1.165, 1.54) is 32.1 Å². The zero-order valence-corrected chi connectivity index (χ0v) is 13.7. The van der Waals surface area contributed by atoms with Gasteiger partial charge in [0.25, 0.3) is 0 Å². The maximum atomic E-state index is 10.2. The molecule has 1 saturated heterocycles. The van der Waals surface area contributed by atoms with Gasteiger partial charge in [0, 0.05) is 6.54 Å². The number of rotatable bonds is 6. The van der Waals surface area contributed by atoms with Gasteiger partial charge in [-0.3, -0.25) is 0 Å². The fourth-order valence-corrected chi connectivity index (χ4v) is 3.19. The summed E-state index contributed by atoms with van der Waals surface area (Å²) in [6.45, 7) is 4.03. The van der Waals surface area contributed by atoms with Gasteiger partial charge in [-0.25, -0.2) is 0 Å². The number of β-amino-alcohol motifs (C(OH)–C–C–N with tert-alkyl or cyclic N) is 1. The van der Waals surface area contributed by atoms with Crippen molar-refractivity contribution in [2.75, 3.05) is 33.0 Å². The number of fused-ring (bicyclic) bond motifs is 1. The highest BCUT2D eigenvalue weighted by Gasteiger charge is 2.15. The molecule has 1 aromatic carbocycles. The van der Waals surface area contributed by atoms with E-state index in [1.807, 2.05) is 18.2 Å². The smallest absolute Gasteiger partial charge is 0.231 e. The summed E-state index contributed by atoms with van der Waals surface area (Å²) < 4.78 is 16.3. The number of aliphatic hydroxyl groups is 1. The van der Waals surface area contributed by atoms with Gasteiger partial charge >= 0.3 is 0 Å². The average Bonchev–Trinajstić information content (AvgIpc) is 2.97. The van der Waals surface area contributed by atoms with Crippen LogP contribution in [0, 0.1) is 0 Å². The Labute approximate surface area is 138 Å². The van der Waals surface area contributed by atoms with Crippen LogP contribution < -0.4 is 9.47 Å². The molecule has 1 atom stereocenters. The number of nitrogens with zero attached hydrogens (tertiary/aromatic N) is 1. The highest BCUT2D eigenvalue weighted by atomic mass is 16.7. The largest absolute Gasteiger partial charge is 0.454 e. The maximum Gasteiger partial charge on any atom is 0.231 e. The zero-order valence-electron chi connectivity index (χ0n) is 13.7. The van der Waals surface area contributed by atoms with Crippen molar-refractivity contribution in [3.05, 3.63) is 23.8 Å². The van der Waals surface area contributed by atoms with Gasteiger partial charge in [0.15, 0.2) is 11.5 Å². The van der Waals surface area contributed by atoms with Crippen LogP contribution in [0.1, 0.15) is 37.7 Å². The molecule has 2 aliphatic heterocycles. The molecule has 1 aromatic rings. The summed E-state index contributed by atoms with van der Waals surface area (Å²) in [6, 6.07) is 5.81. The third-order valence-corrected chi connectivity index (χ3v) is 4.43. The molecule has 0 spiro atoms. The van der Waals surface area contributed by atoms with E-state index < -0.39 is 6.10 Å². The zero-order chi connectivity index (χ0) is 15.9. The van der Waals surface area contributed by atoms with Gasteiger partial charge in [-0.05, 0) is 43.6 Å². The third-order valence-electron chi connectivity index (χ3n) is 4.43. The normalized spacial score (nSPS) is 20.0. The van der Waals surface area contributed by atoms with E-state index in [9.17, 15) is 5.11 Å². The van der Waals surface area contributed by atoms with E-state index in [4.69, 9.17) is 14.2 Å². The van der Waals surface area contributed by atoms with Crippen molar-refractivity contribution < 1.29 is 19.3 Å². The summed E-state index contributed by atoms with van der Waals surface area (Å²) in [7, 11) is 0. The Morgan fingerprint density at radius 2 is 1.78 bits per heavy atom. The van der Waals surface area contributed by atoms with Gasteiger partial charge in [0.05, 0.1) is 19.3 Å². The number of hydrogen-bond acceptors (Lipinski definition) is 5. The third kappa shape index (κ3) is 5.09. The van der Waals surface area contributed by atoms with Crippen LogP contribution in [0.25, 0.3) is 0 Å². The summed E-state index contributed by atoms with van der Waals surface area (Å²) >= 11 is 0. The van der Waals surface area contributed by atoms with Crippen LogP contribution in [0.3, 0.4) is 0 Å². The first-order chi connectivity index (χ1) is 11.3. The lowest BCUT2D eigenvalue weighted by molar-refractivity contribution is 0.00878. The predicted octanol–water partition coefficient (Wildman–Crippen LogP) is 2.56. The van der Waals surface area contributed by atoms with Crippen molar-refractivity contribution in [1.29, 1.82) is 0 Å². The van der Waals surface area contributed by atoms with Crippen molar-refractivity contribution in [2.45, 2.75) is 44.8 Å². The Morgan fingerprint density at radius 3 is 2.61 bits per heavy atom. The van der Waals surface area contributed by atoms with Crippen LogP contribution in [0.5, 0.6) is 11.5 Å². The molecular formula is C18H27NO4. The molecule has 2 heterocycles. The first-order valence-electron chi connectivity index (χ1n) is 8.68. The van der Waals surface area contributed by atoms with Crippen molar-refractivity contribution >= 4 is 0 Å². The van der Waals surface area contributed by atoms with Gasteiger partial charge in [-0.2, -0.15) is 0 Å². The first kappa shape index (κ1) is 16.6. The number of likely N-dealkylation sites (tertiary alicyclic amines) is 1. The van der Waals surface area contributed by atoms with Crippen LogP contribution in [-0.4, -0.2) is 49.1 Å². The molecule has 0 saturated carbocycles. The van der Waals surface area contributed by atoms with E-state index in [-0.39, 0.29) is 6.79 Å². The molecule has 128 valence electrons. The number of ether oxygens (including phenoxy) is 3. The molecule has 0 aromatic heterocycles.